The summed E-state index contributed by atoms with van der Waals surface area (Å²) < 4.78 is 13.4. The molecule has 0 aliphatic carbocycles. The first kappa shape index (κ1) is 21.8. The van der Waals surface area contributed by atoms with E-state index in [1.165, 1.54) is 0 Å². The van der Waals surface area contributed by atoms with Gasteiger partial charge >= 0.3 is 0 Å². The van der Waals surface area contributed by atoms with Gasteiger partial charge in [-0.1, -0.05) is 0 Å². The third kappa shape index (κ3) is 3.76. The predicted octanol–water partition coefficient (Wildman–Crippen LogP) is -3.95. The number of alkyl halides is 2. The van der Waals surface area contributed by atoms with Crippen molar-refractivity contribution < 1.29 is 55.1 Å². The fraction of sp³-hybridized carbons (Fsp3) is 1.00. The van der Waals surface area contributed by atoms with E-state index < -0.39 is 71.4 Å². The van der Waals surface area contributed by atoms with Gasteiger partial charge in [0.05, 0.1) is 13.2 Å². The molecule has 2 saturated heterocycles. The maximum absolute atomic E-state index is 10.3. The lowest BCUT2D eigenvalue weighted by Gasteiger charge is -2.45. The van der Waals surface area contributed by atoms with Crippen molar-refractivity contribution in [3.63, 3.8) is 0 Å². The Hall–Kier alpha value is 0.520. The van der Waals surface area contributed by atoms with Crippen molar-refractivity contribution in [2.75, 3.05) is 13.2 Å². The topological polar surface area (TPSA) is 190 Å². The van der Waals surface area contributed by atoms with Gasteiger partial charge < -0.3 is 55.1 Å². The molecular formula is C12H20Br2O11. The zero-order chi connectivity index (χ0) is 19.2. The Morgan fingerprint density at radius 1 is 0.880 bits per heavy atom. The maximum Gasteiger partial charge on any atom is 0.251 e. The molecule has 2 rings (SSSR count). The highest BCUT2D eigenvalue weighted by molar-refractivity contribution is 9.25. The van der Waals surface area contributed by atoms with Gasteiger partial charge in [-0.25, -0.2) is 0 Å². The summed E-state index contributed by atoms with van der Waals surface area (Å²) in [6, 6.07) is 0. The maximum atomic E-state index is 10.3. The third-order valence-electron chi connectivity index (χ3n) is 4.16. The molecule has 13 heteroatoms. The number of hydrogen-bond donors (Lipinski definition) is 8. The molecule has 8 N–H and O–H groups in total. The molecule has 0 saturated carbocycles. The van der Waals surface area contributed by atoms with E-state index in [9.17, 15) is 40.9 Å². The van der Waals surface area contributed by atoms with E-state index in [0.29, 0.717) is 0 Å². The van der Waals surface area contributed by atoms with E-state index in [-0.39, 0.29) is 0 Å². The van der Waals surface area contributed by atoms with E-state index in [0.717, 1.165) is 0 Å². The molecule has 0 radical (unpaired) electrons. The van der Waals surface area contributed by atoms with Gasteiger partial charge in [0, 0.05) is 0 Å². The molecule has 25 heavy (non-hydrogen) atoms. The predicted molar refractivity (Wildman–Crippen MR) is 84.4 cm³/mol. The Kier molecular flexibility index (Phi) is 6.87. The van der Waals surface area contributed by atoms with Crippen LogP contribution < -0.4 is 0 Å². The Labute approximate surface area is 158 Å². The fourth-order valence-corrected chi connectivity index (χ4v) is 3.54. The SMILES string of the molecule is OC[C@H]1O[C@](O[C@H]2O[C@H](CO)[C@@H](O)[C@H](O)[C@H]2O)(C(O)(Br)Br)[C@@H](O)[C@@H]1O. The first-order valence-corrected chi connectivity index (χ1v) is 8.82. The van der Waals surface area contributed by atoms with Gasteiger partial charge in [-0.3, -0.25) is 0 Å². The third-order valence-corrected chi connectivity index (χ3v) is 5.26. The molecule has 9 atom stereocenters. The number of rotatable bonds is 5. The minimum absolute atomic E-state index is 0.726. The van der Waals surface area contributed by atoms with E-state index in [4.69, 9.17) is 14.2 Å². The van der Waals surface area contributed by atoms with Crippen LogP contribution >= 0.6 is 31.9 Å². The van der Waals surface area contributed by atoms with Gasteiger partial charge in [-0.2, -0.15) is 0 Å². The monoisotopic (exact) mass is 498 g/mol. The average Bonchev–Trinajstić information content (AvgIpc) is 2.80. The van der Waals surface area contributed by atoms with Crippen LogP contribution in [0.1, 0.15) is 0 Å². The van der Waals surface area contributed by atoms with Gasteiger partial charge in [0.1, 0.15) is 42.7 Å². The van der Waals surface area contributed by atoms with Crippen LogP contribution in [0.2, 0.25) is 0 Å². The smallest absolute Gasteiger partial charge is 0.251 e. The van der Waals surface area contributed by atoms with Crippen LogP contribution in [0.5, 0.6) is 0 Å². The standard InChI is InChI=1S/C12H20Br2O11/c13-12(14,22)11(9(21)6(18)4(2-16)24-11)25-10-8(20)7(19)5(17)3(1-15)23-10/h3-10,15-22H,1-2H2/t3-,4-,5-,6-,7+,8-,9+,10-,11-/m1/s1. The highest BCUT2D eigenvalue weighted by Crippen LogP contribution is 2.48. The molecule has 0 amide bonds. The molecule has 2 fully saturated rings. The number of ether oxygens (including phenoxy) is 3. The van der Waals surface area contributed by atoms with Crippen LogP contribution in [0.3, 0.4) is 0 Å². The highest BCUT2D eigenvalue weighted by Gasteiger charge is 2.67. The van der Waals surface area contributed by atoms with Crippen LogP contribution in [0.25, 0.3) is 0 Å². The minimum atomic E-state index is -2.49. The quantitative estimate of drug-likeness (QED) is 0.172. The molecule has 148 valence electrons. The Morgan fingerprint density at radius 2 is 1.44 bits per heavy atom. The van der Waals surface area contributed by atoms with Gasteiger partial charge in [-0.15, -0.1) is 0 Å². The molecular weight excluding hydrogens is 480 g/mol. The molecule has 2 heterocycles. The van der Waals surface area contributed by atoms with E-state index in [2.05, 4.69) is 31.9 Å². The number of aliphatic hydroxyl groups excluding tert-OH is 7. The lowest BCUT2D eigenvalue weighted by atomic mass is 9.99. The first-order valence-electron chi connectivity index (χ1n) is 7.23. The molecule has 11 nitrogen and oxygen atoms in total. The first-order chi connectivity index (χ1) is 11.5. The summed E-state index contributed by atoms with van der Waals surface area (Å²) in [6.45, 7) is -1.45. The lowest BCUT2D eigenvalue weighted by molar-refractivity contribution is -0.390. The number of aliphatic hydroxyl groups is 8. The fourth-order valence-electron chi connectivity index (χ4n) is 2.69. The van der Waals surface area contributed by atoms with Crippen LogP contribution in [-0.2, 0) is 14.2 Å². The number of hydrogen-bond acceptors (Lipinski definition) is 11. The summed E-state index contributed by atoms with van der Waals surface area (Å²) in [6.07, 6.45) is -13.3. The summed E-state index contributed by atoms with van der Waals surface area (Å²) in [5.74, 6) is -2.49. The van der Waals surface area contributed by atoms with Crippen molar-refractivity contribution in [2.45, 2.75) is 58.2 Å². The molecule has 0 aromatic heterocycles. The summed E-state index contributed by atoms with van der Waals surface area (Å²) >= 11 is 5.53. The molecule has 2 aliphatic heterocycles. The van der Waals surface area contributed by atoms with E-state index in [1.807, 2.05) is 0 Å². The second-order valence-electron chi connectivity index (χ2n) is 5.80. The Bertz CT molecular complexity index is 461. The van der Waals surface area contributed by atoms with Crippen molar-refractivity contribution in [2.24, 2.45) is 0 Å². The Morgan fingerprint density at radius 3 is 1.88 bits per heavy atom. The van der Waals surface area contributed by atoms with Gasteiger partial charge in [0.15, 0.2) is 6.29 Å². The zero-order valence-corrected chi connectivity index (χ0v) is 15.8. The van der Waals surface area contributed by atoms with Gasteiger partial charge in [0.2, 0.25) is 3.42 Å². The van der Waals surface area contributed by atoms with Crippen molar-refractivity contribution in [1.29, 1.82) is 0 Å². The van der Waals surface area contributed by atoms with Crippen molar-refractivity contribution >= 4 is 31.9 Å². The molecule has 0 bridgehead atoms. The lowest BCUT2D eigenvalue weighted by Crippen LogP contribution is -2.65. The summed E-state index contributed by atoms with van der Waals surface area (Å²) in [7, 11) is 0. The van der Waals surface area contributed by atoms with E-state index in [1.54, 1.807) is 0 Å². The molecule has 0 aromatic carbocycles. The van der Waals surface area contributed by atoms with Crippen molar-refractivity contribution in [1.82, 2.24) is 0 Å². The zero-order valence-electron chi connectivity index (χ0n) is 12.6. The van der Waals surface area contributed by atoms with Crippen LogP contribution in [0, 0.1) is 0 Å². The minimum Gasteiger partial charge on any atom is -0.394 e. The Balaban J connectivity index is 2.32. The summed E-state index contributed by atoms with van der Waals surface area (Å²) in [4.78, 5) is 0. The van der Waals surface area contributed by atoms with Crippen molar-refractivity contribution in [3.8, 4) is 0 Å². The van der Waals surface area contributed by atoms with Crippen LogP contribution in [-0.4, -0.2) is 112 Å². The van der Waals surface area contributed by atoms with Crippen molar-refractivity contribution in [3.05, 3.63) is 0 Å². The summed E-state index contributed by atoms with van der Waals surface area (Å²) in [5, 5.41) is 78.5. The van der Waals surface area contributed by atoms with E-state index >= 15 is 0 Å². The summed E-state index contributed by atoms with van der Waals surface area (Å²) in [5.41, 5.74) is 0. The normalized spacial score (nSPS) is 48.7. The molecule has 0 aromatic rings. The van der Waals surface area contributed by atoms with Gasteiger partial charge in [-0.05, 0) is 31.9 Å². The van der Waals surface area contributed by atoms with Crippen LogP contribution in [0.4, 0.5) is 0 Å². The highest BCUT2D eigenvalue weighted by atomic mass is 79.9. The average molecular weight is 500 g/mol. The van der Waals surface area contributed by atoms with Crippen LogP contribution in [0.15, 0.2) is 0 Å². The molecule has 0 unspecified atom stereocenters. The second-order valence-corrected chi connectivity index (χ2v) is 9.16. The molecule has 0 spiro atoms. The second kappa shape index (κ2) is 7.87. The van der Waals surface area contributed by atoms with Gasteiger partial charge in [0.25, 0.3) is 5.79 Å². The number of halogens is 2. The largest absolute Gasteiger partial charge is 0.394 e. The molecule has 2 aliphatic rings.